The number of fused-ring (bicyclic) bond motifs is 1. The van der Waals surface area contributed by atoms with Crippen LogP contribution in [0.15, 0.2) is 48.5 Å². The van der Waals surface area contributed by atoms with Crippen LogP contribution in [0.1, 0.15) is 47.6 Å². The largest absolute Gasteiger partial charge is 0.492 e. The van der Waals surface area contributed by atoms with Crippen LogP contribution in [0, 0.1) is 12.7 Å². The number of piperazine rings is 1. The molecule has 6 nitrogen and oxygen atoms in total. The summed E-state index contributed by atoms with van der Waals surface area (Å²) in [5.41, 5.74) is 3.47. The van der Waals surface area contributed by atoms with Gasteiger partial charge in [0.1, 0.15) is 11.6 Å². The summed E-state index contributed by atoms with van der Waals surface area (Å²) in [6, 6.07) is 15.3. The summed E-state index contributed by atoms with van der Waals surface area (Å²) < 4.78 is 14.9. The fourth-order valence-electron chi connectivity index (χ4n) is 4.51. The lowest BCUT2D eigenvalue weighted by Gasteiger charge is -2.40. The monoisotopic (exact) mass is 465 g/mol. The lowest BCUT2D eigenvalue weighted by atomic mass is 9.97. The third kappa shape index (κ3) is 4.20. The molecule has 8 heteroatoms. The molecule has 0 aliphatic carbocycles. The molecule has 1 aliphatic rings. The number of anilines is 1. The summed E-state index contributed by atoms with van der Waals surface area (Å²) in [5.74, 6) is 1.05. The molecule has 33 heavy (non-hydrogen) atoms. The molecule has 1 fully saturated rings. The molecular formula is C25H28FN5OS. The molecule has 172 valence electrons. The van der Waals surface area contributed by atoms with Crippen LogP contribution in [0.25, 0.3) is 4.96 Å². The van der Waals surface area contributed by atoms with Crippen molar-refractivity contribution in [1.82, 2.24) is 19.5 Å². The first-order valence-corrected chi connectivity index (χ1v) is 12.1. The highest BCUT2D eigenvalue weighted by atomic mass is 32.1. The topological polar surface area (TPSA) is 56.9 Å². The van der Waals surface area contributed by atoms with Crippen molar-refractivity contribution in [1.29, 1.82) is 0 Å². The minimum atomic E-state index is -0.218. The predicted molar refractivity (Wildman–Crippen MR) is 130 cm³/mol. The van der Waals surface area contributed by atoms with Crippen LogP contribution >= 0.6 is 11.3 Å². The molecule has 0 bridgehead atoms. The molecule has 2 aromatic heterocycles. The van der Waals surface area contributed by atoms with Crippen molar-refractivity contribution >= 4 is 22.0 Å². The molecule has 0 saturated carbocycles. The van der Waals surface area contributed by atoms with Gasteiger partial charge in [0.05, 0.1) is 10.9 Å². The van der Waals surface area contributed by atoms with E-state index in [1.807, 2.05) is 19.1 Å². The number of hydrogen-bond donors (Lipinski definition) is 1. The fourth-order valence-corrected chi connectivity index (χ4v) is 5.67. The van der Waals surface area contributed by atoms with Crippen LogP contribution in [0.2, 0.25) is 0 Å². The van der Waals surface area contributed by atoms with Gasteiger partial charge in [-0.25, -0.2) is 9.37 Å². The Labute approximate surface area is 196 Å². The van der Waals surface area contributed by atoms with Gasteiger partial charge in [-0.3, -0.25) is 4.90 Å². The van der Waals surface area contributed by atoms with Gasteiger partial charge in [-0.2, -0.15) is 4.52 Å². The van der Waals surface area contributed by atoms with E-state index in [0.717, 1.165) is 42.3 Å². The van der Waals surface area contributed by atoms with E-state index in [9.17, 15) is 9.50 Å². The lowest BCUT2D eigenvalue weighted by Crippen LogP contribution is -2.47. The SMILES string of the molecule is Cc1nc2sc([C@@H](c3ccc(C(C)C)cc3)N3CCN(c4ccc(F)cc4)CC3)c(O)n2n1. The van der Waals surface area contributed by atoms with Crippen molar-refractivity contribution in [3.05, 3.63) is 76.2 Å². The number of aromatic nitrogens is 3. The van der Waals surface area contributed by atoms with Gasteiger partial charge < -0.3 is 10.0 Å². The highest BCUT2D eigenvalue weighted by molar-refractivity contribution is 7.17. The Morgan fingerprint density at radius 2 is 1.58 bits per heavy atom. The smallest absolute Gasteiger partial charge is 0.230 e. The van der Waals surface area contributed by atoms with Gasteiger partial charge in [0, 0.05) is 31.9 Å². The van der Waals surface area contributed by atoms with Gasteiger partial charge >= 0.3 is 0 Å². The van der Waals surface area contributed by atoms with Crippen molar-refractivity contribution in [3.63, 3.8) is 0 Å². The first kappa shape index (κ1) is 21.9. The maximum Gasteiger partial charge on any atom is 0.230 e. The van der Waals surface area contributed by atoms with Gasteiger partial charge in [0.2, 0.25) is 10.8 Å². The van der Waals surface area contributed by atoms with Crippen molar-refractivity contribution in [2.45, 2.75) is 32.7 Å². The second-order valence-electron chi connectivity index (χ2n) is 8.87. The number of halogens is 1. The summed E-state index contributed by atoms with van der Waals surface area (Å²) >= 11 is 1.49. The van der Waals surface area contributed by atoms with Crippen LogP contribution in [-0.4, -0.2) is 50.8 Å². The Morgan fingerprint density at radius 3 is 2.18 bits per heavy atom. The van der Waals surface area contributed by atoms with E-state index in [1.165, 1.54) is 29.0 Å². The highest BCUT2D eigenvalue weighted by Gasteiger charge is 2.31. The molecule has 1 saturated heterocycles. The van der Waals surface area contributed by atoms with Crippen LogP contribution in [0.3, 0.4) is 0 Å². The molecule has 1 atom stereocenters. The standard InChI is InChI=1S/C25H28FN5OS/c1-16(2)18-4-6-19(7-5-18)22(23-24(32)31-25(33-23)27-17(3)28-31)30-14-12-29(13-15-30)21-10-8-20(26)9-11-21/h4-11,16,22,32H,12-15H2,1-3H3/t22-/m1/s1. The normalized spacial score (nSPS) is 16.1. The Balaban J connectivity index is 1.46. The minimum Gasteiger partial charge on any atom is -0.492 e. The third-order valence-electron chi connectivity index (χ3n) is 6.34. The van der Waals surface area contributed by atoms with E-state index >= 15 is 0 Å². The van der Waals surface area contributed by atoms with Crippen LogP contribution in [0.4, 0.5) is 10.1 Å². The number of benzene rings is 2. The number of nitrogens with zero attached hydrogens (tertiary/aromatic N) is 5. The number of aromatic hydroxyl groups is 1. The lowest BCUT2D eigenvalue weighted by molar-refractivity contribution is 0.211. The number of aryl methyl sites for hydroxylation is 1. The average Bonchev–Trinajstić information content (AvgIpc) is 3.32. The summed E-state index contributed by atoms with van der Waals surface area (Å²) in [5, 5.41) is 15.4. The molecule has 1 N–H and O–H groups in total. The van der Waals surface area contributed by atoms with Gasteiger partial charge in [-0.15, -0.1) is 5.10 Å². The minimum absolute atomic E-state index is 0.0876. The molecule has 1 aliphatic heterocycles. The quantitative estimate of drug-likeness (QED) is 0.451. The molecule has 0 unspecified atom stereocenters. The van der Waals surface area contributed by atoms with E-state index < -0.39 is 0 Å². The van der Waals surface area contributed by atoms with Crippen LogP contribution < -0.4 is 4.90 Å². The van der Waals surface area contributed by atoms with Crippen LogP contribution in [-0.2, 0) is 0 Å². The van der Waals surface area contributed by atoms with Crippen molar-refractivity contribution in [2.24, 2.45) is 0 Å². The molecule has 0 spiro atoms. The maximum absolute atomic E-state index is 13.3. The summed E-state index contributed by atoms with van der Waals surface area (Å²) in [7, 11) is 0. The zero-order valence-electron chi connectivity index (χ0n) is 19.1. The van der Waals surface area contributed by atoms with Gasteiger partial charge in [0.15, 0.2) is 0 Å². The third-order valence-corrected chi connectivity index (χ3v) is 7.42. The first-order valence-electron chi connectivity index (χ1n) is 11.3. The Bertz CT molecular complexity index is 1240. The van der Waals surface area contributed by atoms with Gasteiger partial charge in [-0.05, 0) is 48.2 Å². The molecule has 4 aromatic rings. The number of rotatable bonds is 5. The zero-order valence-corrected chi connectivity index (χ0v) is 19.9. The zero-order chi connectivity index (χ0) is 23.1. The van der Waals surface area contributed by atoms with E-state index in [-0.39, 0.29) is 17.7 Å². The summed E-state index contributed by atoms with van der Waals surface area (Å²) in [6.07, 6.45) is 0. The summed E-state index contributed by atoms with van der Waals surface area (Å²) in [6.45, 7) is 9.50. The molecule has 0 radical (unpaired) electrons. The Hall–Kier alpha value is -2.97. The van der Waals surface area contributed by atoms with Gasteiger partial charge in [-0.1, -0.05) is 49.4 Å². The van der Waals surface area contributed by atoms with E-state index in [1.54, 1.807) is 4.52 Å². The van der Waals surface area contributed by atoms with Gasteiger partial charge in [0.25, 0.3) is 0 Å². The second-order valence-corrected chi connectivity index (χ2v) is 9.88. The Kier molecular flexibility index (Phi) is 5.80. The first-order chi connectivity index (χ1) is 15.9. The van der Waals surface area contributed by atoms with E-state index in [4.69, 9.17) is 0 Å². The number of hydrogen-bond acceptors (Lipinski definition) is 6. The molecule has 2 aromatic carbocycles. The Morgan fingerprint density at radius 1 is 0.939 bits per heavy atom. The van der Waals surface area contributed by atoms with Crippen molar-refractivity contribution in [2.75, 3.05) is 31.1 Å². The van der Waals surface area contributed by atoms with Crippen LogP contribution in [0.5, 0.6) is 5.88 Å². The fraction of sp³-hybridized carbons (Fsp3) is 0.360. The van der Waals surface area contributed by atoms with Crippen molar-refractivity contribution in [3.8, 4) is 5.88 Å². The maximum atomic E-state index is 13.3. The molecular weight excluding hydrogens is 437 g/mol. The second kappa shape index (κ2) is 8.76. The molecule has 5 rings (SSSR count). The average molecular weight is 466 g/mol. The van der Waals surface area contributed by atoms with Crippen molar-refractivity contribution < 1.29 is 9.50 Å². The predicted octanol–water partition coefficient (Wildman–Crippen LogP) is 4.98. The molecule has 3 heterocycles. The summed E-state index contributed by atoms with van der Waals surface area (Å²) in [4.78, 5) is 10.7. The molecule has 0 amide bonds. The number of thiazole rings is 1. The highest BCUT2D eigenvalue weighted by Crippen LogP contribution is 2.40. The van der Waals surface area contributed by atoms with E-state index in [0.29, 0.717) is 16.7 Å². The van der Waals surface area contributed by atoms with E-state index in [2.05, 4.69) is 58.0 Å².